The van der Waals surface area contributed by atoms with Crippen LogP contribution in [0.15, 0.2) is 54.6 Å². The number of hydrogen-bond acceptors (Lipinski definition) is 5. The van der Waals surface area contributed by atoms with Crippen LogP contribution in [0.4, 0.5) is 8.78 Å². The summed E-state index contributed by atoms with van der Waals surface area (Å²) in [7, 11) is 0. The zero-order chi connectivity index (χ0) is 25.4. The third-order valence-electron chi connectivity index (χ3n) is 7.00. The van der Waals surface area contributed by atoms with E-state index in [0.29, 0.717) is 40.4 Å². The number of aromatic hydroxyl groups is 2. The Bertz CT molecular complexity index is 1310. The van der Waals surface area contributed by atoms with Gasteiger partial charge >= 0.3 is 0 Å². The minimum absolute atomic E-state index is 0.00620. The van der Waals surface area contributed by atoms with Crippen molar-refractivity contribution in [2.75, 3.05) is 26.2 Å². The van der Waals surface area contributed by atoms with Gasteiger partial charge in [-0.15, -0.1) is 0 Å². The van der Waals surface area contributed by atoms with Crippen LogP contribution in [0.5, 0.6) is 23.0 Å². The van der Waals surface area contributed by atoms with E-state index in [9.17, 15) is 14.6 Å². The minimum atomic E-state index is -1.31. The molecule has 2 aliphatic rings. The molecule has 7 heteroatoms. The van der Waals surface area contributed by atoms with E-state index in [1.54, 1.807) is 6.07 Å². The van der Waals surface area contributed by atoms with Gasteiger partial charge in [0, 0.05) is 35.9 Å². The summed E-state index contributed by atoms with van der Waals surface area (Å²) in [6.45, 7) is 7.72. The normalized spacial score (nSPS) is 19.8. The molecule has 3 aromatic carbocycles. The van der Waals surface area contributed by atoms with Gasteiger partial charge in [-0.1, -0.05) is 19.1 Å². The zero-order valence-corrected chi connectivity index (χ0v) is 20.3. The summed E-state index contributed by atoms with van der Waals surface area (Å²) in [5.41, 5.74) is 2.52. The quantitative estimate of drug-likeness (QED) is 0.431. The van der Waals surface area contributed by atoms with E-state index < -0.39 is 23.5 Å². The lowest BCUT2D eigenvalue weighted by atomic mass is 9.85. The van der Waals surface area contributed by atoms with Gasteiger partial charge in [-0.25, -0.2) is 4.39 Å². The number of fused-ring (bicyclic) bond motifs is 1. The molecule has 188 valence electrons. The second-order valence-electron chi connectivity index (χ2n) is 9.59. The van der Waals surface area contributed by atoms with Gasteiger partial charge < -0.3 is 19.7 Å². The molecule has 0 aromatic heterocycles. The summed E-state index contributed by atoms with van der Waals surface area (Å²) in [6, 6.07) is 14.6. The van der Waals surface area contributed by atoms with Crippen molar-refractivity contribution in [3.63, 3.8) is 0 Å². The van der Waals surface area contributed by atoms with Gasteiger partial charge in [-0.2, -0.15) is 4.39 Å². The molecule has 3 aromatic rings. The van der Waals surface area contributed by atoms with Crippen molar-refractivity contribution < 1.29 is 28.5 Å². The molecule has 0 radical (unpaired) electrons. The van der Waals surface area contributed by atoms with Crippen LogP contribution in [0.2, 0.25) is 0 Å². The molecule has 1 saturated heterocycles. The van der Waals surface area contributed by atoms with Crippen molar-refractivity contribution in [2.45, 2.75) is 26.4 Å². The Morgan fingerprint density at radius 2 is 1.75 bits per heavy atom. The molecule has 5 rings (SSSR count). The summed E-state index contributed by atoms with van der Waals surface area (Å²) in [5, 5.41) is 19.6. The van der Waals surface area contributed by atoms with Crippen molar-refractivity contribution in [3.8, 4) is 23.0 Å². The third-order valence-corrected chi connectivity index (χ3v) is 7.00. The first-order valence-electron chi connectivity index (χ1n) is 12.1. The largest absolute Gasteiger partial charge is 0.508 e. The number of ether oxygens (including phenoxy) is 2. The lowest BCUT2D eigenvalue weighted by molar-refractivity contribution is 0.233. The highest BCUT2D eigenvalue weighted by Crippen LogP contribution is 2.48. The van der Waals surface area contributed by atoms with E-state index in [1.165, 1.54) is 24.6 Å². The van der Waals surface area contributed by atoms with E-state index >= 15 is 4.39 Å². The number of halogens is 2. The van der Waals surface area contributed by atoms with Crippen molar-refractivity contribution in [3.05, 3.63) is 82.9 Å². The van der Waals surface area contributed by atoms with Gasteiger partial charge in [0.05, 0.1) is 0 Å². The smallest absolute Gasteiger partial charge is 0.200 e. The van der Waals surface area contributed by atoms with Crippen LogP contribution in [0.25, 0.3) is 11.1 Å². The average molecular weight is 494 g/mol. The third kappa shape index (κ3) is 4.63. The molecule has 0 saturated carbocycles. The number of hydrogen-bond donors (Lipinski definition) is 2. The van der Waals surface area contributed by atoms with Crippen LogP contribution in [-0.2, 0) is 0 Å². The molecule has 2 aliphatic heterocycles. The minimum Gasteiger partial charge on any atom is -0.508 e. The Morgan fingerprint density at radius 1 is 1.00 bits per heavy atom. The first-order chi connectivity index (χ1) is 17.3. The highest BCUT2D eigenvalue weighted by Gasteiger charge is 2.32. The molecule has 0 aliphatic carbocycles. The number of rotatable bonds is 6. The Labute approximate surface area is 209 Å². The SMILES string of the molecule is CC1=C(c2ccc(O)c(F)c2F)C(c2ccc(OCCN3CCC(C)C3)cc2)Oc2cc(O)ccc21. The van der Waals surface area contributed by atoms with Crippen molar-refractivity contribution in [1.82, 2.24) is 4.90 Å². The number of nitrogens with zero attached hydrogens (tertiary/aromatic N) is 1. The van der Waals surface area contributed by atoms with E-state index in [2.05, 4.69) is 11.8 Å². The maximum Gasteiger partial charge on any atom is 0.200 e. The van der Waals surface area contributed by atoms with Crippen LogP contribution in [0.3, 0.4) is 0 Å². The van der Waals surface area contributed by atoms with Crippen molar-refractivity contribution >= 4 is 11.1 Å². The van der Waals surface area contributed by atoms with Crippen LogP contribution in [-0.4, -0.2) is 41.4 Å². The van der Waals surface area contributed by atoms with E-state index in [1.807, 2.05) is 31.2 Å². The van der Waals surface area contributed by atoms with Gasteiger partial charge in [-0.3, -0.25) is 4.90 Å². The molecule has 2 N–H and O–H groups in total. The summed E-state index contributed by atoms with van der Waals surface area (Å²) >= 11 is 0. The van der Waals surface area contributed by atoms with Gasteiger partial charge in [0.1, 0.15) is 30.0 Å². The monoisotopic (exact) mass is 493 g/mol. The van der Waals surface area contributed by atoms with E-state index in [-0.39, 0.29) is 11.3 Å². The number of allylic oxidation sites excluding steroid dienone is 1. The first kappa shape index (κ1) is 24.1. The van der Waals surface area contributed by atoms with Gasteiger partial charge in [0.15, 0.2) is 11.6 Å². The predicted octanol–water partition coefficient (Wildman–Crippen LogP) is 6.16. The number of phenolic OH excluding ortho intramolecular Hbond substituents is 2. The zero-order valence-electron chi connectivity index (χ0n) is 20.3. The number of phenols is 2. The molecule has 0 spiro atoms. The second-order valence-corrected chi connectivity index (χ2v) is 9.59. The molecule has 2 unspecified atom stereocenters. The first-order valence-corrected chi connectivity index (χ1v) is 12.1. The van der Waals surface area contributed by atoms with Crippen LogP contribution in [0.1, 0.15) is 43.1 Å². The fourth-order valence-corrected chi connectivity index (χ4v) is 5.03. The van der Waals surface area contributed by atoms with E-state index in [4.69, 9.17) is 9.47 Å². The van der Waals surface area contributed by atoms with Crippen LogP contribution < -0.4 is 9.47 Å². The molecule has 1 fully saturated rings. The second kappa shape index (κ2) is 9.82. The molecular weight excluding hydrogens is 464 g/mol. The maximum atomic E-state index is 15.0. The molecule has 0 amide bonds. The molecule has 36 heavy (non-hydrogen) atoms. The standard InChI is InChI=1S/C29H29F2NO4/c1-17-11-12-32(16-17)13-14-35-21-6-3-19(4-7-21)29-26(23-9-10-24(34)28(31)27(23)30)18(2)22-8-5-20(33)15-25(22)36-29/h3-10,15,17,29,33-34H,11-14,16H2,1-2H3. The number of likely N-dealkylation sites (tertiary alicyclic amines) is 1. The lowest BCUT2D eigenvalue weighted by Crippen LogP contribution is -2.25. The maximum absolute atomic E-state index is 15.0. The highest BCUT2D eigenvalue weighted by atomic mass is 19.2. The fraction of sp³-hybridized carbons (Fsp3) is 0.310. The van der Waals surface area contributed by atoms with Gasteiger partial charge in [-0.05, 0) is 73.3 Å². The average Bonchev–Trinajstić information content (AvgIpc) is 3.28. The Balaban J connectivity index is 1.45. The molecular formula is C29H29F2NO4. The Morgan fingerprint density at radius 3 is 2.47 bits per heavy atom. The summed E-state index contributed by atoms with van der Waals surface area (Å²) in [4.78, 5) is 2.40. The van der Waals surface area contributed by atoms with Crippen molar-refractivity contribution in [1.29, 1.82) is 0 Å². The van der Waals surface area contributed by atoms with Crippen LogP contribution in [0, 0.1) is 17.6 Å². The summed E-state index contributed by atoms with van der Waals surface area (Å²) < 4.78 is 41.5. The predicted molar refractivity (Wildman–Crippen MR) is 134 cm³/mol. The molecule has 0 bridgehead atoms. The van der Waals surface area contributed by atoms with E-state index in [0.717, 1.165) is 31.6 Å². The fourth-order valence-electron chi connectivity index (χ4n) is 5.03. The Hall–Kier alpha value is -3.58. The van der Waals surface area contributed by atoms with Crippen molar-refractivity contribution in [2.24, 2.45) is 5.92 Å². The lowest BCUT2D eigenvalue weighted by Gasteiger charge is -2.31. The van der Waals surface area contributed by atoms with Crippen LogP contribution >= 0.6 is 0 Å². The Kier molecular flexibility index (Phi) is 6.58. The summed E-state index contributed by atoms with van der Waals surface area (Å²) in [5.74, 6) is -1.27. The summed E-state index contributed by atoms with van der Waals surface area (Å²) in [6.07, 6.45) is 0.454. The molecule has 5 nitrogen and oxygen atoms in total. The van der Waals surface area contributed by atoms with Gasteiger partial charge in [0.2, 0.25) is 5.82 Å². The highest BCUT2D eigenvalue weighted by molar-refractivity contribution is 5.95. The topological polar surface area (TPSA) is 62.2 Å². The molecule has 2 atom stereocenters. The molecule has 2 heterocycles. The number of benzene rings is 3. The van der Waals surface area contributed by atoms with Gasteiger partial charge in [0.25, 0.3) is 0 Å².